The van der Waals surface area contributed by atoms with Gasteiger partial charge in [-0.3, -0.25) is 4.79 Å². The van der Waals surface area contributed by atoms with Gasteiger partial charge in [0.25, 0.3) is 0 Å². The molecule has 5 nitrogen and oxygen atoms in total. The van der Waals surface area contributed by atoms with Crippen LogP contribution in [0.25, 0.3) is 0 Å². The number of hydrogen-bond donors (Lipinski definition) is 3. The monoisotopic (exact) mass is 473 g/mol. The van der Waals surface area contributed by atoms with Crippen LogP contribution in [0.15, 0.2) is 0 Å². The van der Waals surface area contributed by atoms with Crippen LogP contribution in [0.4, 0.5) is 0 Å². The number of amides is 1. The Labute approximate surface area is 205 Å². The molecular formula is C29H47NO4. The largest absolute Gasteiger partial charge is 0.393 e. The fraction of sp³-hybridized carbons (Fsp3) is 0.966. The van der Waals surface area contributed by atoms with Crippen molar-refractivity contribution < 1.29 is 19.7 Å². The number of ether oxygens (including phenoxy) is 1. The van der Waals surface area contributed by atoms with Gasteiger partial charge < -0.3 is 20.3 Å². The molecule has 1 saturated heterocycles. The minimum atomic E-state index is -0.455. The van der Waals surface area contributed by atoms with E-state index in [0.29, 0.717) is 41.0 Å². The van der Waals surface area contributed by atoms with Crippen molar-refractivity contribution in [1.82, 2.24) is 5.32 Å². The molecule has 2 unspecified atom stereocenters. The van der Waals surface area contributed by atoms with E-state index in [0.717, 1.165) is 12.8 Å². The summed E-state index contributed by atoms with van der Waals surface area (Å²) < 4.78 is 6.65. The molecule has 5 aliphatic carbocycles. The SMILES string of the molecule is CC(=O)NC[C@H]1C[C@@H](C)[C@H]2[C@H](O1)[C@H](O)[C@@]1(C)C3CCC4C(C)(C)[C@@H](O)CC[C@@]45C[C@@]35CC[C@]21C. The van der Waals surface area contributed by atoms with Gasteiger partial charge in [-0.2, -0.15) is 0 Å². The molecule has 6 rings (SSSR count). The molecule has 3 N–H and O–H groups in total. The highest BCUT2D eigenvalue weighted by atomic mass is 16.5. The van der Waals surface area contributed by atoms with Crippen LogP contribution in [0.2, 0.25) is 0 Å². The van der Waals surface area contributed by atoms with Crippen LogP contribution in [0.3, 0.4) is 0 Å². The second-order valence-electron chi connectivity index (χ2n) is 14.6. The third-order valence-electron chi connectivity index (χ3n) is 13.4. The molecule has 5 heteroatoms. The summed E-state index contributed by atoms with van der Waals surface area (Å²) in [5.41, 5.74) is 0.634. The zero-order valence-electron chi connectivity index (χ0n) is 22.2. The van der Waals surface area contributed by atoms with Gasteiger partial charge in [0.05, 0.1) is 24.4 Å². The van der Waals surface area contributed by atoms with Crippen molar-refractivity contribution in [3.63, 3.8) is 0 Å². The normalized spacial score (nSPS) is 59.1. The van der Waals surface area contributed by atoms with Crippen LogP contribution < -0.4 is 5.32 Å². The first-order valence-electron chi connectivity index (χ1n) is 14.1. The number of rotatable bonds is 2. The van der Waals surface area contributed by atoms with Gasteiger partial charge in [-0.25, -0.2) is 0 Å². The Morgan fingerprint density at radius 1 is 1.00 bits per heavy atom. The number of nitrogens with one attached hydrogen (secondary N) is 1. The molecule has 1 amide bonds. The lowest BCUT2D eigenvalue weighted by molar-refractivity contribution is -0.182. The third kappa shape index (κ3) is 2.55. The van der Waals surface area contributed by atoms with Crippen LogP contribution in [0, 0.1) is 50.7 Å². The van der Waals surface area contributed by atoms with Crippen LogP contribution in [0.1, 0.15) is 92.9 Å². The molecule has 0 aromatic carbocycles. The first-order chi connectivity index (χ1) is 15.8. The Bertz CT molecular complexity index is 889. The molecule has 6 aliphatic rings. The Morgan fingerprint density at radius 3 is 2.38 bits per heavy atom. The minimum absolute atomic E-state index is 0.00872. The summed E-state index contributed by atoms with van der Waals surface area (Å²) in [5.74, 6) is 1.96. The maximum Gasteiger partial charge on any atom is 0.216 e. The van der Waals surface area contributed by atoms with Gasteiger partial charge in [0.2, 0.25) is 5.91 Å². The summed E-state index contributed by atoms with van der Waals surface area (Å²) >= 11 is 0. The Balaban J connectivity index is 1.34. The molecule has 192 valence electrons. The predicted molar refractivity (Wildman–Crippen MR) is 131 cm³/mol. The van der Waals surface area contributed by atoms with Crippen molar-refractivity contribution in [3.05, 3.63) is 0 Å². The topological polar surface area (TPSA) is 78.8 Å². The number of carbonyl (C=O) groups excluding carboxylic acids is 1. The van der Waals surface area contributed by atoms with Crippen LogP contribution in [0.5, 0.6) is 0 Å². The molecule has 6 fully saturated rings. The summed E-state index contributed by atoms with van der Waals surface area (Å²) in [5, 5.41) is 25.9. The summed E-state index contributed by atoms with van der Waals surface area (Å²) in [4.78, 5) is 11.5. The van der Waals surface area contributed by atoms with Crippen molar-refractivity contribution in [2.75, 3.05) is 6.54 Å². The van der Waals surface area contributed by atoms with Crippen molar-refractivity contribution in [1.29, 1.82) is 0 Å². The first-order valence-corrected chi connectivity index (χ1v) is 14.1. The highest BCUT2D eigenvalue weighted by Gasteiger charge is 2.84. The van der Waals surface area contributed by atoms with E-state index < -0.39 is 6.10 Å². The lowest BCUT2D eigenvalue weighted by Gasteiger charge is -2.63. The number of aliphatic hydroxyl groups excluding tert-OH is 2. The highest BCUT2D eigenvalue weighted by molar-refractivity contribution is 5.72. The molecule has 0 aromatic heterocycles. The van der Waals surface area contributed by atoms with Crippen molar-refractivity contribution in [2.45, 2.75) is 117 Å². The van der Waals surface area contributed by atoms with Gasteiger partial charge in [-0.05, 0) is 96.7 Å². The molecule has 2 spiro atoms. The summed E-state index contributed by atoms with van der Waals surface area (Å²) in [6.45, 7) is 14.0. The predicted octanol–water partition coefficient (Wildman–Crippen LogP) is 4.30. The van der Waals surface area contributed by atoms with Gasteiger partial charge in [0.1, 0.15) is 0 Å². The average molecular weight is 474 g/mol. The van der Waals surface area contributed by atoms with E-state index in [1.165, 1.54) is 38.5 Å². The fourth-order valence-corrected chi connectivity index (χ4v) is 11.8. The summed E-state index contributed by atoms with van der Waals surface area (Å²) in [6, 6.07) is 0. The van der Waals surface area contributed by atoms with Gasteiger partial charge in [0.15, 0.2) is 0 Å². The summed E-state index contributed by atoms with van der Waals surface area (Å²) in [6.07, 6.45) is 8.40. The molecule has 1 heterocycles. The van der Waals surface area contributed by atoms with Gasteiger partial charge in [0, 0.05) is 18.9 Å². The smallest absolute Gasteiger partial charge is 0.216 e. The summed E-state index contributed by atoms with van der Waals surface area (Å²) in [7, 11) is 0. The van der Waals surface area contributed by atoms with Gasteiger partial charge in [-0.1, -0.05) is 34.6 Å². The Morgan fingerprint density at radius 2 is 1.68 bits per heavy atom. The number of carbonyl (C=O) groups is 1. The molecular weight excluding hydrogens is 426 g/mol. The molecule has 0 aromatic rings. The second-order valence-corrected chi connectivity index (χ2v) is 14.6. The van der Waals surface area contributed by atoms with Crippen molar-refractivity contribution in [3.8, 4) is 0 Å². The maximum atomic E-state index is 12.1. The maximum absolute atomic E-state index is 12.1. The highest BCUT2D eigenvalue weighted by Crippen LogP contribution is 2.89. The van der Waals surface area contributed by atoms with E-state index in [1.54, 1.807) is 6.92 Å². The van der Waals surface area contributed by atoms with E-state index in [1.807, 2.05) is 0 Å². The number of aliphatic hydroxyl groups is 2. The van der Waals surface area contributed by atoms with Gasteiger partial charge >= 0.3 is 0 Å². The van der Waals surface area contributed by atoms with Crippen LogP contribution in [-0.2, 0) is 9.53 Å². The standard InChI is InChI=1S/C29H47NO4/c1-16-13-18(14-30-17(2)31)34-23-22(16)26(5)11-12-29-15-28(29)10-9-21(32)25(3,4)19(28)7-8-20(29)27(26,6)24(23)33/h16,18-24,32-33H,7-15H2,1-6H3,(H,30,31)/t16-,18-,19?,20?,21+,22+,23+,24+,26-,27-,28-,29+/m1/s1. The first kappa shape index (κ1) is 23.7. The fourth-order valence-electron chi connectivity index (χ4n) is 11.8. The van der Waals surface area contributed by atoms with E-state index in [4.69, 9.17) is 4.74 Å². The number of hydrogen-bond acceptors (Lipinski definition) is 4. The lowest BCUT2D eigenvalue weighted by atomic mass is 9.41. The quantitative estimate of drug-likeness (QED) is 0.559. The molecule has 5 saturated carbocycles. The third-order valence-corrected chi connectivity index (χ3v) is 13.4. The second kappa shape index (κ2) is 7.01. The zero-order chi connectivity index (χ0) is 24.5. The van der Waals surface area contributed by atoms with E-state index >= 15 is 0 Å². The van der Waals surface area contributed by atoms with E-state index in [-0.39, 0.29) is 40.5 Å². The van der Waals surface area contributed by atoms with Crippen LogP contribution >= 0.6 is 0 Å². The van der Waals surface area contributed by atoms with Gasteiger partial charge in [-0.15, -0.1) is 0 Å². The minimum Gasteiger partial charge on any atom is -0.393 e. The van der Waals surface area contributed by atoms with E-state index in [9.17, 15) is 15.0 Å². The number of fused-ring (bicyclic) bond motifs is 4. The zero-order valence-corrected chi connectivity index (χ0v) is 22.2. The Kier molecular flexibility index (Phi) is 4.89. The van der Waals surface area contributed by atoms with E-state index in [2.05, 4.69) is 39.9 Å². The Hall–Kier alpha value is -0.650. The van der Waals surface area contributed by atoms with Crippen molar-refractivity contribution >= 4 is 5.91 Å². The molecule has 0 radical (unpaired) electrons. The molecule has 0 bridgehead atoms. The molecule has 34 heavy (non-hydrogen) atoms. The lowest BCUT2D eigenvalue weighted by Crippen LogP contribution is -2.59. The van der Waals surface area contributed by atoms with Crippen molar-refractivity contribution in [2.24, 2.45) is 50.7 Å². The average Bonchev–Trinajstić information content (AvgIpc) is 3.40. The molecule has 12 atom stereocenters. The van der Waals surface area contributed by atoms with Crippen LogP contribution in [-0.4, -0.2) is 47.1 Å². The molecule has 1 aliphatic heterocycles.